The van der Waals surface area contributed by atoms with Crippen LogP contribution in [0.4, 0.5) is 4.39 Å². The van der Waals surface area contributed by atoms with Crippen LogP contribution in [0.3, 0.4) is 0 Å². The van der Waals surface area contributed by atoms with Gasteiger partial charge in [0.2, 0.25) is 5.69 Å². The molecule has 6 rings (SSSR count). The minimum absolute atomic E-state index is 0.258. The minimum Gasteiger partial charge on any atom is -0.207 e. The Morgan fingerprint density at radius 3 is 2.11 bits per heavy atom. The number of hydrogen-bond donors (Lipinski definition) is 0. The lowest BCUT2D eigenvalue weighted by Crippen LogP contribution is -2.30. The third-order valence-corrected chi connectivity index (χ3v) is 8.04. The van der Waals surface area contributed by atoms with Crippen LogP contribution in [0.15, 0.2) is 97.2 Å². The second kappa shape index (κ2) is 8.71. The number of aryl methyl sites for hydroxylation is 2. The maximum Gasteiger partial charge on any atom is 0.216 e. The van der Waals surface area contributed by atoms with Crippen molar-refractivity contribution in [2.24, 2.45) is 7.05 Å². The fraction of sp³-hybridized carbons (Fsp3) is 0.0625. The molecular formula is C32H22FN2S+. The van der Waals surface area contributed by atoms with Crippen molar-refractivity contribution < 1.29 is 8.96 Å². The molecule has 0 aliphatic carbocycles. The number of halogens is 1. The van der Waals surface area contributed by atoms with Gasteiger partial charge in [0.15, 0.2) is 6.20 Å². The Labute approximate surface area is 213 Å². The highest BCUT2D eigenvalue weighted by Gasteiger charge is 2.22. The van der Waals surface area contributed by atoms with Gasteiger partial charge in [0.25, 0.3) is 0 Å². The summed E-state index contributed by atoms with van der Waals surface area (Å²) in [5.74, 6) is -0.258. The maximum absolute atomic E-state index is 14.3. The Morgan fingerprint density at radius 2 is 1.39 bits per heavy atom. The van der Waals surface area contributed by atoms with Crippen molar-refractivity contribution in [1.29, 1.82) is 5.26 Å². The number of pyridine rings is 1. The van der Waals surface area contributed by atoms with Gasteiger partial charge < -0.3 is 0 Å². The maximum atomic E-state index is 14.3. The first-order valence-corrected chi connectivity index (χ1v) is 12.6. The number of rotatable bonds is 3. The second-order valence-corrected chi connectivity index (χ2v) is 10.0. The molecule has 36 heavy (non-hydrogen) atoms. The first kappa shape index (κ1) is 22.2. The molecule has 6 aromatic rings. The Hall–Kier alpha value is -4.33. The van der Waals surface area contributed by atoms with Gasteiger partial charge >= 0.3 is 0 Å². The van der Waals surface area contributed by atoms with E-state index in [2.05, 4.69) is 61.5 Å². The highest BCUT2D eigenvalue weighted by atomic mass is 32.1. The fourth-order valence-corrected chi connectivity index (χ4v) is 6.43. The zero-order chi connectivity index (χ0) is 24.8. The standard InChI is InChI=1S/C32H22FN2S/c1-20-8-14-26-27-15-13-24(19-34)30(23-11-9-22(10-12-23)21-6-4-3-5-7-21)32(27)36-31(26)29(20)28-18-25(33)16-17-35(28)2/h3-18H,1-2H3/q+1. The Balaban J connectivity index is 1.62. The molecule has 0 saturated heterocycles. The van der Waals surface area contributed by atoms with Crippen LogP contribution < -0.4 is 4.57 Å². The van der Waals surface area contributed by atoms with Crippen molar-refractivity contribution >= 4 is 31.5 Å². The van der Waals surface area contributed by atoms with Crippen LogP contribution >= 0.6 is 11.3 Å². The van der Waals surface area contributed by atoms with Gasteiger partial charge in [-0.05, 0) is 35.2 Å². The van der Waals surface area contributed by atoms with Crippen molar-refractivity contribution in [3.05, 3.63) is 114 Å². The van der Waals surface area contributed by atoms with Gasteiger partial charge in [-0.3, -0.25) is 0 Å². The molecular weight excluding hydrogens is 463 g/mol. The van der Waals surface area contributed by atoms with Gasteiger partial charge in [0, 0.05) is 37.9 Å². The molecule has 0 saturated carbocycles. The lowest BCUT2D eigenvalue weighted by Gasteiger charge is -2.08. The molecule has 4 heteroatoms. The van der Waals surface area contributed by atoms with E-state index in [9.17, 15) is 9.65 Å². The van der Waals surface area contributed by atoms with Crippen LogP contribution in [0.5, 0.6) is 0 Å². The molecule has 2 nitrogen and oxygen atoms in total. The normalized spacial score (nSPS) is 11.2. The lowest BCUT2D eigenvalue weighted by atomic mass is 9.95. The quantitative estimate of drug-likeness (QED) is 0.232. The fourth-order valence-electron chi connectivity index (χ4n) is 4.95. The number of nitrogens with zero attached hydrogens (tertiary/aromatic N) is 2. The van der Waals surface area contributed by atoms with E-state index < -0.39 is 0 Å². The van der Waals surface area contributed by atoms with Crippen molar-refractivity contribution in [2.45, 2.75) is 6.92 Å². The van der Waals surface area contributed by atoms with Gasteiger partial charge in [-0.25, -0.2) is 8.96 Å². The smallest absolute Gasteiger partial charge is 0.207 e. The molecule has 0 aliphatic heterocycles. The van der Waals surface area contributed by atoms with Gasteiger partial charge in [-0.1, -0.05) is 72.8 Å². The monoisotopic (exact) mass is 485 g/mol. The van der Waals surface area contributed by atoms with Crippen LogP contribution in [0.25, 0.3) is 53.7 Å². The number of nitriles is 1. The van der Waals surface area contributed by atoms with Crippen LogP contribution in [-0.4, -0.2) is 0 Å². The molecule has 172 valence electrons. The van der Waals surface area contributed by atoms with Crippen LogP contribution in [0.2, 0.25) is 0 Å². The molecule has 2 heterocycles. The number of fused-ring (bicyclic) bond motifs is 3. The van der Waals surface area contributed by atoms with Gasteiger partial charge in [0.1, 0.15) is 12.9 Å². The molecule has 2 aromatic heterocycles. The van der Waals surface area contributed by atoms with E-state index in [0.29, 0.717) is 5.56 Å². The summed E-state index contributed by atoms with van der Waals surface area (Å²) in [5.41, 5.74) is 7.85. The average molecular weight is 486 g/mol. The first-order chi connectivity index (χ1) is 17.5. The molecule has 0 radical (unpaired) electrons. The summed E-state index contributed by atoms with van der Waals surface area (Å²) in [5, 5.41) is 12.2. The van der Waals surface area contributed by atoms with Crippen molar-refractivity contribution in [2.75, 3.05) is 0 Å². The third-order valence-electron chi connectivity index (χ3n) is 6.79. The Kier molecular flexibility index (Phi) is 5.36. The topological polar surface area (TPSA) is 27.7 Å². The van der Waals surface area contributed by atoms with E-state index in [4.69, 9.17) is 0 Å². The summed E-state index contributed by atoms with van der Waals surface area (Å²) < 4.78 is 18.4. The zero-order valence-corrected chi connectivity index (χ0v) is 20.7. The molecule has 0 spiro atoms. The molecule has 0 bridgehead atoms. The second-order valence-electron chi connectivity index (χ2n) is 9.00. The Morgan fingerprint density at radius 1 is 0.750 bits per heavy atom. The number of hydrogen-bond acceptors (Lipinski definition) is 2. The molecule has 0 amide bonds. The number of thiophene rings is 1. The molecule has 0 atom stereocenters. The van der Waals surface area contributed by atoms with Gasteiger partial charge in [-0.15, -0.1) is 11.3 Å². The molecule has 0 fully saturated rings. The van der Waals surface area contributed by atoms with Crippen LogP contribution in [0, 0.1) is 24.1 Å². The van der Waals surface area contributed by atoms with Crippen molar-refractivity contribution in [1.82, 2.24) is 0 Å². The van der Waals surface area contributed by atoms with Crippen LogP contribution in [0.1, 0.15) is 11.1 Å². The summed E-state index contributed by atoms with van der Waals surface area (Å²) in [6.45, 7) is 2.06. The highest BCUT2D eigenvalue weighted by Crippen LogP contribution is 2.45. The molecule has 0 N–H and O–H groups in total. The number of benzene rings is 4. The van der Waals surface area contributed by atoms with Crippen molar-refractivity contribution in [3.63, 3.8) is 0 Å². The van der Waals surface area contributed by atoms with Gasteiger partial charge in [-0.2, -0.15) is 5.26 Å². The third kappa shape index (κ3) is 3.57. The molecule has 0 unspecified atom stereocenters. The molecule has 0 aliphatic rings. The van der Waals surface area contributed by atoms with Gasteiger partial charge in [0.05, 0.1) is 17.2 Å². The molecule has 4 aromatic carbocycles. The van der Waals surface area contributed by atoms with E-state index in [-0.39, 0.29) is 5.82 Å². The van der Waals surface area contributed by atoms with E-state index in [1.807, 2.05) is 41.9 Å². The van der Waals surface area contributed by atoms with E-state index >= 15 is 0 Å². The summed E-state index contributed by atoms with van der Waals surface area (Å²) in [6, 6.07) is 32.4. The Bertz CT molecular complexity index is 1810. The summed E-state index contributed by atoms with van der Waals surface area (Å²) in [6.07, 6.45) is 1.75. The van der Waals surface area contributed by atoms with Crippen molar-refractivity contribution in [3.8, 4) is 39.6 Å². The first-order valence-electron chi connectivity index (χ1n) is 11.8. The number of aromatic nitrogens is 1. The largest absolute Gasteiger partial charge is 0.216 e. The predicted octanol–water partition coefficient (Wildman–Crippen LogP) is 8.20. The van der Waals surface area contributed by atoms with E-state index in [1.54, 1.807) is 23.6 Å². The SMILES string of the molecule is Cc1ccc2c(sc3c(-c4ccc(-c5ccccc5)cc4)c(C#N)ccc32)c1-c1cc(F)cc[n+]1C. The highest BCUT2D eigenvalue weighted by molar-refractivity contribution is 7.27. The zero-order valence-electron chi connectivity index (χ0n) is 19.9. The van der Waals surface area contributed by atoms with Crippen LogP contribution in [-0.2, 0) is 7.05 Å². The summed E-state index contributed by atoms with van der Waals surface area (Å²) in [4.78, 5) is 0. The summed E-state index contributed by atoms with van der Waals surface area (Å²) in [7, 11) is 1.94. The lowest BCUT2D eigenvalue weighted by molar-refractivity contribution is -0.660. The predicted molar refractivity (Wildman–Crippen MR) is 146 cm³/mol. The minimum atomic E-state index is -0.258. The average Bonchev–Trinajstić information content (AvgIpc) is 3.29. The van der Waals surface area contributed by atoms with E-state index in [0.717, 1.165) is 59.2 Å². The summed E-state index contributed by atoms with van der Waals surface area (Å²) >= 11 is 1.68. The van der Waals surface area contributed by atoms with E-state index in [1.165, 1.54) is 6.07 Å².